The SMILES string of the molecule is OC[C@H](c1cc(Cl)ccc1O)N1CCNCC1. The molecule has 2 rings (SSSR count). The first kappa shape index (κ1) is 12.6. The fourth-order valence-electron chi connectivity index (χ4n) is 2.20. The van der Waals surface area contributed by atoms with Crippen LogP contribution in [0.15, 0.2) is 18.2 Å². The zero-order valence-electron chi connectivity index (χ0n) is 9.56. The number of aromatic hydroxyl groups is 1. The number of aliphatic hydroxyl groups is 1. The van der Waals surface area contributed by atoms with Crippen LogP contribution in [0.25, 0.3) is 0 Å². The Kier molecular flexibility index (Phi) is 4.23. The van der Waals surface area contributed by atoms with E-state index in [1.165, 1.54) is 0 Å². The van der Waals surface area contributed by atoms with Crippen molar-refractivity contribution in [2.24, 2.45) is 0 Å². The Balaban J connectivity index is 2.24. The fourth-order valence-corrected chi connectivity index (χ4v) is 2.38. The summed E-state index contributed by atoms with van der Waals surface area (Å²) in [6.07, 6.45) is 0. The fraction of sp³-hybridized carbons (Fsp3) is 0.500. The highest BCUT2D eigenvalue weighted by atomic mass is 35.5. The molecule has 1 aromatic carbocycles. The molecule has 0 bridgehead atoms. The van der Waals surface area contributed by atoms with Gasteiger partial charge in [-0.05, 0) is 18.2 Å². The van der Waals surface area contributed by atoms with Crippen LogP contribution < -0.4 is 5.32 Å². The van der Waals surface area contributed by atoms with E-state index in [1.54, 1.807) is 18.2 Å². The van der Waals surface area contributed by atoms with Gasteiger partial charge < -0.3 is 15.5 Å². The molecule has 0 amide bonds. The predicted octanol–water partition coefficient (Wildman–Crippen LogP) is 0.984. The lowest BCUT2D eigenvalue weighted by atomic mass is 10.0. The molecule has 94 valence electrons. The molecule has 17 heavy (non-hydrogen) atoms. The number of aliphatic hydroxyl groups excluding tert-OH is 1. The van der Waals surface area contributed by atoms with Crippen molar-refractivity contribution in [2.75, 3.05) is 32.8 Å². The molecule has 1 aliphatic rings. The third kappa shape index (κ3) is 2.90. The number of piperazine rings is 1. The van der Waals surface area contributed by atoms with Crippen LogP contribution in [-0.2, 0) is 0 Å². The zero-order valence-corrected chi connectivity index (χ0v) is 10.3. The van der Waals surface area contributed by atoms with Gasteiger partial charge in [0.05, 0.1) is 12.6 Å². The van der Waals surface area contributed by atoms with E-state index in [2.05, 4.69) is 10.2 Å². The molecule has 0 radical (unpaired) electrons. The number of hydrogen-bond donors (Lipinski definition) is 3. The van der Waals surface area contributed by atoms with Crippen molar-refractivity contribution in [3.8, 4) is 5.75 Å². The second kappa shape index (κ2) is 5.69. The molecule has 0 aliphatic carbocycles. The predicted molar refractivity (Wildman–Crippen MR) is 67.4 cm³/mol. The number of phenols is 1. The highest BCUT2D eigenvalue weighted by Gasteiger charge is 2.23. The summed E-state index contributed by atoms with van der Waals surface area (Å²) < 4.78 is 0. The first-order valence-electron chi connectivity index (χ1n) is 5.76. The van der Waals surface area contributed by atoms with Gasteiger partial charge in [0.2, 0.25) is 0 Å². The lowest BCUT2D eigenvalue weighted by Gasteiger charge is -2.34. The van der Waals surface area contributed by atoms with Gasteiger partial charge in [-0.15, -0.1) is 0 Å². The maximum atomic E-state index is 9.86. The Morgan fingerprint density at radius 3 is 2.71 bits per heavy atom. The minimum Gasteiger partial charge on any atom is -0.508 e. The van der Waals surface area contributed by atoms with Crippen LogP contribution >= 0.6 is 11.6 Å². The molecule has 1 saturated heterocycles. The molecule has 1 heterocycles. The molecule has 1 aromatic rings. The van der Waals surface area contributed by atoms with Crippen LogP contribution in [0.1, 0.15) is 11.6 Å². The summed E-state index contributed by atoms with van der Waals surface area (Å²) >= 11 is 5.93. The number of phenolic OH excluding ortho intramolecular Hbond substituents is 1. The van der Waals surface area contributed by atoms with E-state index in [1.807, 2.05) is 0 Å². The van der Waals surface area contributed by atoms with Gasteiger partial charge in [0, 0.05) is 36.8 Å². The van der Waals surface area contributed by atoms with Crippen LogP contribution in [-0.4, -0.2) is 47.9 Å². The van der Waals surface area contributed by atoms with Gasteiger partial charge in [0.1, 0.15) is 5.75 Å². The summed E-state index contributed by atoms with van der Waals surface area (Å²) in [4.78, 5) is 2.15. The van der Waals surface area contributed by atoms with Crippen molar-refractivity contribution >= 4 is 11.6 Å². The molecular weight excluding hydrogens is 240 g/mol. The second-order valence-corrected chi connectivity index (χ2v) is 4.62. The summed E-state index contributed by atoms with van der Waals surface area (Å²) in [5, 5.41) is 23.2. The van der Waals surface area contributed by atoms with Crippen molar-refractivity contribution in [1.29, 1.82) is 0 Å². The molecule has 0 spiro atoms. The van der Waals surface area contributed by atoms with E-state index in [0.29, 0.717) is 10.6 Å². The Morgan fingerprint density at radius 2 is 2.06 bits per heavy atom. The molecule has 0 aromatic heterocycles. The Morgan fingerprint density at radius 1 is 1.35 bits per heavy atom. The van der Waals surface area contributed by atoms with Gasteiger partial charge in [-0.1, -0.05) is 11.6 Å². The van der Waals surface area contributed by atoms with Gasteiger partial charge in [0.15, 0.2) is 0 Å². The second-order valence-electron chi connectivity index (χ2n) is 4.19. The smallest absolute Gasteiger partial charge is 0.120 e. The summed E-state index contributed by atoms with van der Waals surface area (Å²) in [6.45, 7) is 3.50. The number of nitrogens with one attached hydrogen (secondary N) is 1. The minimum atomic E-state index is -0.184. The van der Waals surface area contributed by atoms with Crippen molar-refractivity contribution in [3.63, 3.8) is 0 Å². The van der Waals surface area contributed by atoms with E-state index in [0.717, 1.165) is 26.2 Å². The molecule has 5 heteroatoms. The lowest BCUT2D eigenvalue weighted by Crippen LogP contribution is -2.46. The average molecular weight is 257 g/mol. The number of halogens is 1. The topological polar surface area (TPSA) is 55.7 Å². The average Bonchev–Trinajstić information content (AvgIpc) is 2.36. The normalized spacial score (nSPS) is 19.2. The van der Waals surface area contributed by atoms with Gasteiger partial charge in [-0.25, -0.2) is 0 Å². The number of nitrogens with zero attached hydrogens (tertiary/aromatic N) is 1. The highest BCUT2D eigenvalue weighted by Crippen LogP contribution is 2.30. The van der Waals surface area contributed by atoms with E-state index >= 15 is 0 Å². The van der Waals surface area contributed by atoms with Crippen molar-refractivity contribution in [1.82, 2.24) is 10.2 Å². The first-order chi connectivity index (χ1) is 8.22. The molecule has 3 N–H and O–H groups in total. The van der Waals surface area contributed by atoms with Crippen LogP contribution in [0.3, 0.4) is 0 Å². The summed E-state index contributed by atoms with van der Waals surface area (Å²) in [6, 6.07) is 4.75. The molecule has 0 saturated carbocycles. The molecule has 1 fully saturated rings. The van der Waals surface area contributed by atoms with E-state index in [9.17, 15) is 10.2 Å². The summed E-state index contributed by atoms with van der Waals surface area (Å²) in [7, 11) is 0. The first-order valence-corrected chi connectivity index (χ1v) is 6.14. The maximum Gasteiger partial charge on any atom is 0.120 e. The van der Waals surface area contributed by atoms with E-state index < -0.39 is 0 Å². The van der Waals surface area contributed by atoms with Gasteiger partial charge in [-0.3, -0.25) is 4.90 Å². The van der Waals surface area contributed by atoms with E-state index in [4.69, 9.17) is 11.6 Å². The number of benzene rings is 1. The number of hydrogen-bond acceptors (Lipinski definition) is 4. The van der Waals surface area contributed by atoms with E-state index in [-0.39, 0.29) is 18.4 Å². The van der Waals surface area contributed by atoms with Gasteiger partial charge in [-0.2, -0.15) is 0 Å². The van der Waals surface area contributed by atoms with Crippen molar-refractivity contribution < 1.29 is 10.2 Å². The Hall–Kier alpha value is -0.810. The summed E-state index contributed by atoms with van der Waals surface area (Å²) in [5.41, 5.74) is 0.696. The van der Waals surface area contributed by atoms with Crippen LogP contribution in [0.5, 0.6) is 5.75 Å². The molecule has 1 aliphatic heterocycles. The largest absolute Gasteiger partial charge is 0.508 e. The van der Waals surface area contributed by atoms with Crippen LogP contribution in [0.4, 0.5) is 0 Å². The number of rotatable bonds is 3. The third-order valence-corrected chi connectivity index (χ3v) is 3.35. The minimum absolute atomic E-state index is 0.0199. The lowest BCUT2D eigenvalue weighted by molar-refractivity contribution is 0.109. The molecule has 1 atom stereocenters. The third-order valence-electron chi connectivity index (χ3n) is 3.11. The van der Waals surface area contributed by atoms with Crippen LogP contribution in [0.2, 0.25) is 5.02 Å². The Labute approximate surface area is 106 Å². The zero-order chi connectivity index (χ0) is 12.3. The van der Waals surface area contributed by atoms with Gasteiger partial charge >= 0.3 is 0 Å². The standard InChI is InChI=1S/C12H17ClN2O2/c13-9-1-2-12(17)10(7-9)11(8-16)15-5-3-14-4-6-15/h1-2,7,11,14,16-17H,3-6,8H2/t11-/m1/s1. The molecule has 0 unspecified atom stereocenters. The van der Waals surface area contributed by atoms with Crippen molar-refractivity contribution in [3.05, 3.63) is 28.8 Å². The van der Waals surface area contributed by atoms with Crippen LogP contribution in [0, 0.1) is 0 Å². The van der Waals surface area contributed by atoms with Gasteiger partial charge in [0.25, 0.3) is 0 Å². The highest BCUT2D eigenvalue weighted by molar-refractivity contribution is 6.30. The maximum absolute atomic E-state index is 9.86. The summed E-state index contributed by atoms with van der Waals surface area (Å²) in [5.74, 6) is 0.187. The van der Waals surface area contributed by atoms with Crippen molar-refractivity contribution in [2.45, 2.75) is 6.04 Å². The Bertz CT molecular complexity index is 381. The quantitative estimate of drug-likeness (QED) is 0.755. The molecule has 4 nitrogen and oxygen atoms in total. The molecular formula is C12H17ClN2O2. The monoisotopic (exact) mass is 256 g/mol.